The standard InChI is InChI=1S/C13H20N4OS/c1-4-9-10(7-17(3)16-9)15-12(18)13(11(14)19)5-8(2)6-13/h7-8H,4-6H2,1-3H3,(H2,14,19)(H,15,18). The van der Waals surface area contributed by atoms with Crippen molar-refractivity contribution < 1.29 is 4.79 Å². The van der Waals surface area contributed by atoms with Crippen LogP contribution < -0.4 is 11.1 Å². The van der Waals surface area contributed by atoms with Crippen molar-refractivity contribution >= 4 is 28.8 Å². The van der Waals surface area contributed by atoms with Gasteiger partial charge in [-0.1, -0.05) is 26.1 Å². The Labute approximate surface area is 118 Å². The first kappa shape index (κ1) is 14.0. The molecule has 0 saturated heterocycles. The van der Waals surface area contributed by atoms with E-state index in [4.69, 9.17) is 18.0 Å². The lowest BCUT2D eigenvalue weighted by atomic mass is 9.62. The maximum atomic E-state index is 12.5. The van der Waals surface area contributed by atoms with Gasteiger partial charge in [0.15, 0.2) is 0 Å². The van der Waals surface area contributed by atoms with Crippen LogP contribution in [0.15, 0.2) is 6.20 Å². The third kappa shape index (κ3) is 2.36. The monoisotopic (exact) mass is 280 g/mol. The topological polar surface area (TPSA) is 72.9 Å². The summed E-state index contributed by atoms with van der Waals surface area (Å²) in [5.74, 6) is 0.396. The number of hydrogen-bond acceptors (Lipinski definition) is 3. The molecular formula is C13H20N4OS. The predicted octanol–water partition coefficient (Wildman–Crippen LogP) is 1.62. The zero-order valence-electron chi connectivity index (χ0n) is 11.6. The van der Waals surface area contributed by atoms with Crippen LogP contribution in [0.3, 0.4) is 0 Å². The van der Waals surface area contributed by atoms with Crippen molar-refractivity contribution in [1.29, 1.82) is 0 Å². The molecule has 104 valence electrons. The molecule has 1 fully saturated rings. The number of aromatic nitrogens is 2. The fourth-order valence-electron chi connectivity index (χ4n) is 2.77. The second kappa shape index (κ2) is 4.92. The Bertz CT molecular complexity index is 517. The van der Waals surface area contributed by atoms with E-state index in [2.05, 4.69) is 17.3 Å². The molecule has 0 atom stereocenters. The Morgan fingerprint density at radius 3 is 2.79 bits per heavy atom. The van der Waals surface area contributed by atoms with Gasteiger partial charge < -0.3 is 11.1 Å². The molecule has 0 aromatic carbocycles. The minimum atomic E-state index is -0.671. The highest BCUT2D eigenvalue weighted by molar-refractivity contribution is 7.80. The van der Waals surface area contributed by atoms with Crippen LogP contribution in [-0.2, 0) is 18.3 Å². The zero-order valence-corrected chi connectivity index (χ0v) is 12.4. The van der Waals surface area contributed by atoms with E-state index in [1.54, 1.807) is 4.68 Å². The van der Waals surface area contributed by atoms with E-state index in [0.717, 1.165) is 30.6 Å². The fraction of sp³-hybridized carbons (Fsp3) is 0.615. The Hall–Kier alpha value is -1.43. The number of carbonyl (C=O) groups excluding carboxylic acids is 1. The highest BCUT2D eigenvalue weighted by atomic mass is 32.1. The summed E-state index contributed by atoms with van der Waals surface area (Å²) in [6.45, 7) is 4.11. The van der Waals surface area contributed by atoms with Crippen molar-refractivity contribution in [3.63, 3.8) is 0 Å². The van der Waals surface area contributed by atoms with Crippen LogP contribution in [0.2, 0.25) is 0 Å². The van der Waals surface area contributed by atoms with Crippen molar-refractivity contribution in [2.24, 2.45) is 24.1 Å². The number of carbonyl (C=O) groups is 1. The molecule has 0 spiro atoms. The maximum absolute atomic E-state index is 12.5. The third-order valence-electron chi connectivity index (χ3n) is 3.79. The zero-order chi connectivity index (χ0) is 14.2. The summed E-state index contributed by atoms with van der Waals surface area (Å²) in [5.41, 5.74) is 6.74. The van der Waals surface area contributed by atoms with Crippen LogP contribution in [0.5, 0.6) is 0 Å². The van der Waals surface area contributed by atoms with E-state index in [9.17, 15) is 4.79 Å². The average Bonchev–Trinajstić information content (AvgIpc) is 2.64. The van der Waals surface area contributed by atoms with Gasteiger partial charge in [0.1, 0.15) is 0 Å². The SMILES string of the molecule is CCc1nn(C)cc1NC(=O)C1(C(N)=S)CC(C)C1. The number of nitrogens with zero attached hydrogens (tertiary/aromatic N) is 2. The van der Waals surface area contributed by atoms with Crippen LogP contribution in [0.1, 0.15) is 32.4 Å². The molecule has 1 saturated carbocycles. The maximum Gasteiger partial charge on any atom is 0.237 e. The van der Waals surface area contributed by atoms with Gasteiger partial charge in [-0.2, -0.15) is 5.10 Å². The molecule has 6 heteroatoms. The van der Waals surface area contributed by atoms with Gasteiger partial charge in [0, 0.05) is 13.2 Å². The predicted molar refractivity (Wildman–Crippen MR) is 78.8 cm³/mol. The lowest BCUT2D eigenvalue weighted by Crippen LogP contribution is -2.53. The number of nitrogens with two attached hydrogens (primary N) is 1. The molecule has 1 amide bonds. The molecule has 1 aliphatic carbocycles. The lowest BCUT2D eigenvalue weighted by Gasteiger charge is -2.44. The second-order valence-corrected chi connectivity index (χ2v) is 5.87. The quantitative estimate of drug-likeness (QED) is 0.822. The number of aryl methyl sites for hydroxylation is 2. The smallest absolute Gasteiger partial charge is 0.237 e. The van der Waals surface area contributed by atoms with Gasteiger partial charge in [-0.3, -0.25) is 9.48 Å². The van der Waals surface area contributed by atoms with Crippen LogP contribution in [0, 0.1) is 11.3 Å². The first-order valence-corrected chi connectivity index (χ1v) is 6.93. The fourth-order valence-corrected chi connectivity index (χ4v) is 3.03. The Morgan fingerprint density at radius 2 is 2.32 bits per heavy atom. The molecule has 1 aromatic heterocycles. The summed E-state index contributed by atoms with van der Waals surface area (Å²) in [6, 6.07) is 0. The number of nitrogens with one attached hydrogen (secondary N) is 1. The first-order valence-electron chi connectivity index (χ1n) is 6.53. The van der Waals surface area contributed by atoms with Gasteiger partial charge in [-0.15, -0.1) is 0 Å². The van der Waals surface area contributed by atoms with Gasteiger partial charge in [-0.25, -0.2) is 0 Å². The molecule has 0 bridgehead atoms. The van der Waals surface area contributed by atoms with E-state index >= 15 is 0 Å². The van der Waals surface area contributed by atoms with E-state index in [1.807, 2.05) is 20.2 Å². The van der Waals surface area contributed by atoms with Crippen molar-refractivity contribution in [2.45, 2.75) is 33.1 Å². The molecule has 3 N–H and O–H groups in total. The Kier molecular flexibility index (Phi) is 3.62. The molecule has 2 rings (SSSR count). The number of thiocarbonyl (C=S) groups is 1. The van der Waals surface area contributed by atoms with E-state index in [-0.39, 0.29) is 5.91 Å². The van der Waals surface area contributed by atoms with Gasteiger partial charge in [0.05, 0.1) is 21.8 Å². The second-order valence-electron chi connectivity index (χ2n) is 5.43. The van der Waals surface area contributed by atoms with Gasteiger partial charge in [0.2, 0.25) is 5.91 Å². The summed E-state index contributed by atoms with van der Waals surface area (Å²) in [7, 11) is 1.84. The molecule has 0 radical (unpaired) electrons. The van der Waals surface area contributed by atoms with Crippen molar-refractivity contribution in [3.8, 4) is 0 Å². The molecule has 5 nitrogen and oxygen atoms in total. The van der Waals surface area contributed by atoms with E-state index in [0.29, 0.717) is 10.9 Å². The van der Waals surface area contributed by atoms with E-state index in [1.165, 1.54) is 0 Å². The van der Waals surface area contributed by atoms with Gasteiger partial charge in [-0.05, 0) is 25.2 Å². The molecule has 19 heavy (non-hydrogen) atoms. The number of hydrogen-bond donors (Lipinski definition) is 2. The average molecular weight is 280 g/mol. The van der Waals surface area contributed by atoms with Crippen LogP contribution >= 0.6 is 12.2 Å². The Balaban J connectivity index is 2.18. The molecular weight excluding hydrogens is 260 g/mol. The molecule has 1 heterocycles. The Morgan fingerprint density at radius 1 is 1.68 bits per heavy atom. The lowest BCUT2D eigenvalue weighted by molar-refractivity contribution is -0.127. The molecule has 1 aliphatic rings. The number of amides is 1. The summed E-state index contributed by atoms with van der Waals surface area (Å²) < 4.78 is 1.70. The summed E-state index contributed by atoms with van der Waals surface area (Å²) in [5, 5.41) is 7.24. The third-order valence-corrected chi connectivity index (χ3v) is 4.18. The molecule has 0 unspecified atom stereocenters. The van der Waals surface area contributed by atoms with Crippen LogP contribution in [-0.4, -0.2) is 20.7 Å². The number of anilines is 1. The van der Waals surface area contributed by atoms with Crippen LogP contribution in [0.25, 0.3) is 0 Å². The minimum absolute atomic E-state index is 0.0965. The van der Waals surface area contributed by atoms with Crippen molar-refractivity contribution in [3.05, 3.63) is 11.9 Å². The van der Waals surface area contributed by atoms with Crippen molar-refractivity contribution in [1.82, 2.24) is 9.78 Å². The normalized spacial score (nSPS) is 25.7. The van der Waals surface area contributed by atoms with Crippen molar-refractivity contribution in [2.75, 3.05) is 5.32 Å². The first-order chi connectivity index (χ1) is 8.89. The van der Waals surface area contributed by atoms with Gasteiger partial charge in [0.25, 0.3) is 0 Å². The summed E-state index contributed by atoms with van der Waals surface area (Å²) >= 11 is 5.09. The molecule has 1 aromatic rings. The number of rotatable bonds is 4. The highest BCUT2D eigenvalue weighted by Gasteiger charge is 2.51. The largest absolute Gasteiger partial charge is 0.392 e. The molecule has 0 aliphatic heterocycles. The minimum Gasteiger partial charge on any atom is -0.392 e. The summed E-state index contributed by atoms with van der Waals surface area (Å²) in [4.78, 5) is 12.8. The van der Waals surface area contributed by atoms with E-state index < -0.39 is 5.41 Å². The summed E-state index contributed by atoms with van der Waals surface area (Å²) in [6.07, 6.45) is 4.05. The van der Waals surface area contributed by atoms with Gasteiger partial charge >= 0.3 is 0 Å². The highest BCUT2D eigenvalue weighted by Crippen LogP contribution is 2.46. The van der Waals surface area contributed by atoms with Crippen LogP contribution in [0.4, 0.5) is 5.69 Å².